The van der Waals surface area contributed by atoms with Crippen molar-refractivity contribution in [3.8, 4) is 28.7 Å². The number of hydrogen-bond donors (Lipinski definition) is 1. The van der Waals surface area contributed by atoms with Gasteiger partial charge in [0.1, 0.15) is 5.75 Å². The van der Waals surface area contributed by atoms with Crippen LogP contribution < -0.4 is 23.3 Å². The number of pyridine rings is 2. The van der Waals surface area contributed by atoms with Crippen LogP contribution in [0.1, 0.15) is 0 Å². The fraction of sp³-hybridized carbons (Fsp3) is 0.105. The van der Waals surface area contributed by atoms with Crippen molar-refractivity contribution in [3.05, 3.63) is 42.7 Å². The van der Waals surface area contributed by atoms with Gasteiger partial charge in [-0.05, 0) is 17.5 Å². The van der Waals surface area contributed by atoms with Crippen molar-refractivity contribution >= 4 is 27.1 Å². The Balaban J connectivity index is 1.78. The largest absolute Gasteiger partial charge is 0.507 e. The molecule has 0 aliphatic carbocycles. The average Bonchev–Trinajstić information content (AvgIpc) is 3.27. The first kappa shape index (κ1) is 12.9. The summed E-state index contributed by atoms with van der Waals surface area (Å²) in [5.74, 6) is 2.88. The first-order valence-corrected chi connectivity index (χ1v) is 7.90. The van der Waals surface area contributed by atoms with Crippen LogP contribution in [-0.4, -0.2) is 18.7 Å². The van der Waals surface area contributed by atoms with Crippen molar-refractivity contribution in [2.75, 3.05) is 13.6 Å². The standard InChI is InChI=1S/C19H11NO5/c21-15-6-18-19(25-9-24-18)12-4-14-11-5-17-16(22-8-23-17)3-10(11)1-2-20(14)7-13(12)15/h1-7H,8-9H2/p+1. The first-order chi connectivity index (χ1) is 12.3. The highest BCUT2D eigenvalue weighted by Gasteiger charge is 2.24. The summed E-state index contributed by atoms with van der Waals surface area (Å²) in [6, 6.07) is 9.58. The molecule has 4 aromatic rings. The quantitative estimate of drug-likeness (QED) is 0.304. The highest BCUT2D eigenvalue weighted by molar-refractivity contribution is 6.02. The Hall–Kier alpha value is -3.41. The zero-order valence-corrected chi connectivity index (χ0v) is 13.0. The Morgan fingerprint density at radius 2 is 1.60 bits per heavy atom. The summed E-state index contributed by atoms with van der Waals surface area (Å²) in [5.41, 5.74) is 0.978. The molecule has 0 radical (unpaired) electrons. The van der Waals surface area contributed by atoms with Crippen molar-refractivity contribution < 1.29 is 28.5 Å². The molecular weight excluding hydrogens is 322 g/mol. The fourth-order valence-electron chi connectivity index (χ4n) is 3.59. The van der Waals surface area contributed by atoms with E-state index in [0.29, 0.717) is 16.9 Å². The minimum atomic E-state index is 0.160. The lowest BCUT2D eigenvalue weighted by molar-refractivity contribution is -0.509. The van der Waals surface area contributed by atoms with Crippen molar-refractivity contribution in [1.29, 1.82) is 0 Å². The minimum Gasteiger partial charge on any atom is -0.507 e. The highest BCUT2D eigenvalue weighted by Crippen LogP contribution is 2.44. The van der Waals surface area contributed by atoms with Crippen LogP contribution in [0.3, 0.4) is 0 Å². The summed E-state index contributed by atoms with van der Waals surface area (Å²) in [5, 5.41) is 14.0. The molecule has 2 aliphatic heterocycles. The summed E-state index contributed by atoms with van der Waals surface area (Å²) >= 11 is 0. The second kappa shape index (κ2) is 4.36. The molecule has 6 heteroatoms. The van der Waals surface area contributed by atoms with Gasteiger partial charge in [-0.15, -0.1) is 0 Å². The van der Waals surface area contributed by atoms with E-state index in [9.17, 15) is 5.11 Å². The van der Waals surface area contributed by atoms with Crippen LogP contribution in [0, 0.1) is 0 Å². The molecule has 1 N–H and O–H groups in total. The lowest BCUT2D eigenvalue weighted by atomic mass is 10.1. The molecule has 0 unspecified atom stereocenters. The number of phenols is 1. The van der Waals surface area contributed by atoms with E-state index in [1.807, 2.05) is 41.1 Å². The molecule has 0 amide bonds. The van der Waals surface area contributed by atoms with Crippen molar-refractivity contribution in [2.24, 2.45) is 0 Å². The predicted octanol–water partition coefficient (Wildman–Crippen LogP) is 2.89. The highest BCUT2D eigenvalue weighted by atomic mass is 16.7. The SMILES string of the molecule is Oc1cc2c(c3cc4c5cc6c(cc5cc[n+]4cc13)OCO6)OCO2. The number of ether oxygens (including phenoxy) is 4. The molecule has 0 saturated heterocycles. The van der Waals surface area contributed by atoms with Gasteiger partial charge in [0.2, 0.25) is 19.1 Å². The van der Waals surface area contributed by atoms with Crippen LogP contribution in [0.4, 0.5) is 0 Å². The molecule has 6 nitrogen and oxygen atoms in total. The molecule has 2 aromatic carbocycles. The van der Waals surface area contributed by atoms with E-state index in [0.717, 1.165) is 33.2 Å². The smallest absolute Gasteiger partial charge is 0.231 e. The maximum absolute atomic E-state index is 10.3. The number of fused-ring (bicyclic) bond motifs is 7. The van der Waals surface area contributed by atoms with Crippen LogP contribution in [0.15, 0.2) is 42.7 Å². The number of aromatic nitrogens is 1. The van der Waals surface area contributed by atoms with Crippen molar-refractivity contribution in [1.82, 2.24) is 0 Å². The number of aromatic hydroxyl groups is 1. The lowest BCUT2D eigenvalue weighted by Crippen LogP contribution is -2.20. The number of hydrogen-bond acceptors (Lipinski definition) is 5. The molecule has 2 aromatic heterocycles. The molecule has 0 atom stereocenters. The molecule has 0 fully saturated rings. The third kappa shape index (κ3) is 1.65. The molecule has 2 aliphatic rings. The van der Waals surface area contributed by atoms with Crippen molar-refractivity contribution in [2.45, 2.75) is 0 Å². The number of nitrogens with zero attached hydrogens (tertiary/aromatic N) is 1. The van der Waals surface area contributed by atoms with Crippen molar-refractivity contribution in [3.63, 3.8) is 0 Å². The molecule has 25 heavy (non-hydrogen) atoms. The van der Waals surface area contributed by atoms with Gasteiger partial charge in [-0.3, -0.25) is 0 Å². The summed E-state index contributed by atoms with van der Waals surface area (Å²) in [6.45, 7) is 0.402. The van der Waals surface area contributed by atoms with Gasteiger partial charge in [-0.2, -0.15) is 4.40 Å². The van der Waals surface area contributed by atoms with Gasteiger partial charge in [0.05, 0.1) is 10.8 Å². The van der Waals surface area contributed by atoms with Gasteiger partial charge in [-0.25, -0.2) is 0 Å². The summed E-state index contributed by atoms with van der Waals surface area (Å²) < 4.78 is 24.0. The number of benzene rings is 2. The normalized spacial score (nSPS) is 14.7. The van der Waals surface area contributed by atoms with Gasteiger partial charge in [0, 0.05) is 23.6 Å². The van der Waals surface area contributed by atoms with Crippen LogP contribution in [0.5, 0.6) is 28.7 Å². The maximum atomic E-state index is 10.3. The molecule has 4 heterocycles. The summed E-state index contributed by atoms with van der Waals surface area (Å²) in [7, 11) is 0. The molecule has 0 spiro atoms. The Morgan fingerprint density at radius 1 is 0.800 bits per heavy atom. The number of phenolic OH excluding ortho intramolecular Hbond substituents is 1. The third-order valence-corrected chi connectivity index (χ3v) is 4.78. The average molecular weight is 334 g/mol. The van der Waals surface area contributed by atoms with Gasteiger partial charge in [0.25, 0.3) is 0 Å². The van der Waals surface area contributed by atoms with Crippen LogP contribution >= 0.6 is 0 Å². The number of rotatable bonds is 0. The Bertz CT molecular complexity index is 1220. The Kier molecular flexibility index (Phi) is 2.26. The van der Waals surface area contributed by atoms with Crippen LogP contribution in [0.25, 0.3) is 27.1 Å². The lowest BCUT2D eigenvalue weighted by Gasteiger charge is -2.06. The van der Waals surface area contributed by atoms with Gasteiger partial charge in [-0.1, -0.05) is 0 Å². The zero-order valence-electron chi connectivity index (χ0n) is 13.0. The first-order valence-electron chi connectivity index (χ1n) is 7.90. The van der Waals surface area contributed by atoms with Crippen LogP contribution in [0.2, 0.25) is 0 Å². The molecule has 0 bridgehead atoms. The zero-order chi connectivity index (χ0) is 16.5. The second-order valence-corrected chi connectivity index (χ2v) is 6.13. The molecule has 122 valence electrons. The predicted molar refractivity (Wildman–Crippen MR) is 88.5 cm³/mol. The molecular formula is C19H12NO5+. The van der Waals surface area contributed by atoms with Gasteiger partial charge < -0.3 is 24.1 Å². The fourth-order valence-corrected chi connectivity index (χ4v) is 3.59. The molecule has 0 saturated carbocycles. The Morgan fingerprint density at radius 3 is 2.52 bits per heavy atom. The van der Waals surface area contributed by atoms with E-state index in [-0.39, 0.29) is 19.3 Å². The van der Waals surface area contributed by atoms with Gasteiger partial charge >= 0.3 is 0 Å². The summed E-state index contributed by atoms with van der Waals surface area (Å²) in [4.78, 5) is 0. The van der Waals surface area contributed by atoms with E-state index in [2.05, 4.69) is 0 Å². The van der Waals surface area contributed by atoms with E-state index in [1.165, 1.54) is 0 Å². The maximum Gasteiger partial charge on any atom is 0.231 e. The Labute approximate surface area is 141 Å². The third-order valence-electron chi connectivity index (χ3n) is 4.78. The topological polar surface area (TPSA) is 61.3 Å². The van der Waals surface area contributed by atoms with Gasteiger partial charge in [0.15, 0.2) is 35.4 Å². The van der Waals surface area contributed by atoms with Crippen LogP contribution in [-0.2, 0) is 0 Å². The van der Waals surface area contributed by atoms with E-state index >= 15 is 0 Å². The van der Waals surface area contributed by atoms with E-state index in [1.54, 1.807) is 6.07 Å². The molecule has 6 rings (SSSR count). The van der Waals surface area contributed by atoms with E-state index < -0.39 is 0 Å². The monoisotopic (exact) mass is 334 g/mol. The minimum absolute atomic E-state index is 0.160. The van der Waals surface area contributed by atoms with E-state index in [4.69, 9.17) is 18.9 Å². The summed E-state index contributed by atoms with van der Waals surface area (Å²) in [6.07, 6.45) is 3.86. The second-order valence-electron chi connectivity index (χ2n) is 6.13.